The lowest BCUT2D eigenvalue weighted by molar-refractivity contribution is -0.384. The molecule has 11 heteroatoms. The number of urea groups is 1. The second kappa shape index (κ2) is 12.9. The molecule has 3 aromatic rings. The molecule has 6 rings (SSSR count). The van der Waals surface area contributed by atoms with E-state index in [0.717, 1.165) is 80.5 Å². The van der Waals surface area contributed by atoms with Gasteiger partial charge in [-0.2, -0.15) is 0 Å². The van der Waals surface area contributed by atoms with Gasteiger partial charge in [0.25, 0.3) is 5.69 Å². The zero-order valence-corrected chi connectivity index (χ0v) is 25.0. The number of piperazine rings is 1. The van der Waals surface area contributed by atoms with Crippen LogP contribution in [0, 0.1) is 10.1 Å². The van der Waals surface area contributed by atoms with Crippen LogP contribution in [0.4, 0.5) is 27.5 Å². The molecule has 3 saturated heterocycles. The molecule has 230 valence electrons. The van der Waals surface area contributed by atoms with E-state index < -0.39 is 0 Å². The number of hydrogen-bond donors (Lipinski definition) is 0. The number of ether oxygens (including phenoxy) is 1. The van der Waals surface area contributed by atoms with Crippen LogP contribution in [-0.4, -0.2) is 85.6 Å². The van der Waals surface area contributed by atoms with E-state index in [1.54, 1.807) is 24.1 Å². The Morgan fingerprint density at radius 1 is 0.750 bits per heavy atom. The van der Waals surface area contributed by atoms with Crippen molar-refractivity contribution in [2.45, 2.75) is 31.8 Å². The Kier molecular flexibility index (Phi) is 8.65. The highest BCUT2D eigenvalue weighted by Crippen LogP contribution is 2.29. The van der Waals surface area contributed by atoms with Gasteiger partial charge < -0.3 is 14.5 Å². The molecule has 44 heavy (non-hydrogen) atoms. The summed E-state index contributed by atoms with van der Waals surface area (Å²) >= 11 is 0. The number of nitro groups is 1. The van der Waals surface area contributed by atoms with Gasteiger partial charge in [0.2, 0.25) is 5.91 Å². The minimum Gasteiger partial charge on any atom is -0.497 e. The number of nitro benzene ring substituents is 1. The van der Waals surface area contributed by atoms with E-state index in [2.05, 4.69) is 26.8 Å². The molecule has 0 aromatic heterocycles. The first-order valence-electron chi connectivity index (χ1n) is 15.2. The summed E-state index contributed by atoms with van der Waals surface area (Å²) in [5.74, 6) is 0.574. The fourth-order valence-corrected chi connectivity index (χ4v) is 6.46. The maximum absolute atomic E-state index is 13.3. The van der Waals surface area contributed by atoms with E-state index in [4.69, 9.17) is 4.74 Å². The summed E-state index contributed by atoms with van der Waals surface area (Å²) in [6, 6.07) is 22.6. The molecule has 3 fully saturated rings. The van der Waals surface area contributed by atoms with Crippen LogP contribution in [0.3, 0.4) is 0 Å². The summed E-state index contributed by atoms with van der Waals surface area (Å²) < 4.78 is 5.21. The molecule has 0 radical (unpaired) electrons. The highest BCUT2D eigenvalue weighted by Gasteiger charge is 2.33. The smallest absolute Gasteiger partial charge is 0.331 e. The predicted molar refractivity (Wildman–Crippen MR) is 169 cm³/mol. The second-order valence-electron chi connectivity index (χ2n) is 11.5. The third kappa shape index (κ3) is 6.33. The van der Waals surface area contributed by atoms with Crippen LogP contribution in [0.5, 0.6) is 5.75 Å². The molecule has 0 aliphatic carbocycles. The number of hydrogen-bond acceptors (Lipinski definition) is 8. The van der Waals surface area contributed by atoms with Gasteiger partial charge in [-0.25, -0.2) is 4.79 Å². The van der Waals surface area contributed by atoms with Gasteiger partial charge >= 0.3 is 6.03 Å². The number of piperidine rings is 1. The van der Waals surface area contributed by atoms with E-state index in [1.807, 2.05) is 48.5 Å². The summed E-state index contributed by atoms with van der Waals surface area (Å²) in [5, 5.41) is 11.0. The van der Waals surface area contributed by atoms with Gasteiger partial charge in [-0.3, -0.25) is 29.6 Å². The Hall–Kier alpha value is -4.64. The number of amides is 3. The fraction of sp³-hybridized carbons (Fsp3) is 0.394. The van der Waals surface area contributed by atoms with Crippen molar-refractivity contribution in [2.75, 3.05) is 67.6 Å². The Labute approximate surface area is 257 Å². The van der Waals surface area contributed by atoms with Gasteiger partial charge in [0.05, 0.1) is 18.6 Å². The molecule has 3 amide bonds. The standard InChI is InChI=1S/C33H38N6O5/c1-44-31-12-2-25(3-13-31)24-38-32(40)16-19-37(33(38)41)29-8-4-26(5-9-29)34-17-14-28(15-18-34)36-22-20-35(21-23-36)27-6-10-30(11-7-27)39(42)43/h2-13,28H,14-24H2,1H3. The van der Waals surface area contributed by atoms with Crippen molar-refractivity contribution < 1.29 is 19.2 Å². The highest BCUT2D eigenvalue weighted by molar-refractivity contribution is 6.05. The van der Waals surface area contributed by atoms with Crippen LogP contribution >= 0.6 is 0 Å². The maximum Gasteiger partial charge on any atom is 0.331 e. The lowest BCUT2D eigenvalue weighted by Gasteiger charge is -2.44. The van der Waals surface area contributed by atoms with E-state index in [-0.39, 0.29) is 29.1 Å². The third-order valence-electron chi connectivity index (χ3n) is 9.06. The lowest BCUT2D eigenvalue weighted by Crippen LogP contribution is -2.53. The van der Waals surface area contributed by atoms with Crippen LogP contribution in [0.25, 0.3) is 0 Å². The molecule has 0 atom stereocenters. The first-order valence-corrected chi connectivity index (χ1v) is 15.2. The van der Waals surface area contributed by atoms with E-state index >= 15 is 0 Å². The van der Waals surface area contributed by atoms with Crippen LogP contribution in [-0.2, 0) is 11.3 Å². The van der Waals surface area contributed by atoms with E-state index in [9.17, 15) is 19.7 Å². The van der Waals surface area contributed by atoms with Gasteiger partial charge in [-0.15, -0.1) is 0 Å². The molecule has 3 aromatic carbocycles. The Morgan fingerprint density at radius 2 is 1.32 bits per heavy atom. The summed E-state index contributed by atoms with van der Waals surface area (Å²) in [7, 11) is 1.61. The third-order valence-corrected chi connectivity index (χ3v) is 9.06. The van der Waals surface area contributed by atoms with Crippen LogP contribution in [0.2, 0.25) is 0 Å². The number of rotatable bonds is 8. The molecule has 3 heterocycles. The number of non-ortho nitro benzene ring substituents is 1. The average Bonchev–Trinajstić information content (AvgIpc) is 3.07. The molecule has 0 saturated carbocycles. The average molecular weight is 599 g/mol. The van der Waals surface area contributed by atoms with Crippen LogP contribution < -0.4 is 19.4 Å². The molecule has 0 N–H and O–H groups in total. The molecular weight excluding hydrogens is 560 g/mol. The van der Waals surface area contributed by atoms with Crippen molar-refractivity contribution in [1.82, 2.24) is 9.80 Å². The number of imide groups is 1. The molecule has 0 unspecified atom stereocenters. The maximum atomic E-state index is 13.3. The minimum atomic E-state index is -0.361. The van der Waals surface area contributed by atoms with Gasteiger partial charge in [-0.1, -0.05) is 12.1 Å². The normalized spacial score (nSPS) is 18.6. The summed E-state index contributed by atoms with van der Waals surface area (Å²) in [5.41, 5.74) is 3.98. The fourth-order valence-electron chi connectivity index (χ4n) is 6.46. The number of anilines is 3. The van der Waals surface area contributed by atoms with E-state index in [0.29, 0.717) is 19.0 Å². The Balaban J connectivity index is 1.000. The lowest BCUT2D eigenvalue weighted by atomic mass is 10.0. The number of carbonyl (C=O) groups is 2. The van der Waals surface area contributed by atoms with Crippen molar-refractivity contribution in [1.29, 1.82) is 0 Å². The minimum absolute atomic E-state index is 0.123. The molecule has 3 aliphatic heterocycles. The molecule has 11 nitrogen and oxygen atoms in total. The SMILES string of the molecule is COc1ccc(CN2C(=O)CCN(c3ccc(N4CCC(N5CCN(c6ccc([N+](=O)[O-])cc6)CC5)CC4)cc3)C2=O)cc1. The molecule has 0 bridgehead atoms. The first-order chi connectivity index (χ1) is 21.4. The van der Waals surface area contributed by atoms with Crippen LogP contribution in [0.1, 0.15) is 24.8 Å². The zero-order valence-electron chi connectivity index (χ0n) is 25.0. The van der Waals surface area contributed by atoms with E-state index in [1.165, 1.54) is 4.90 Å². The van der Waals surface area contributed by atoms with Crippen molar-refractivity contribution >= 4 is 34.7 Å². The summed E-state index contributed by atoms with van der Waals surface area (Å²) in [4.78, 5) is 46.9. The first kappa shape index (κ1) is 29.4. The van der Waals surface area contributed by atoms with Gasteiger partial charge in [0, 0.05) is 87.5 Å². The van der Waals surface area contributed by atoms with Gasteiger partial charge in [0.1, 0.15) is 5.75 Å². The number of carbonyl (C=O) groups excluding carboxylic acids is 2. The largest absolute Gasteiger partial charge is 0.497 e. The number of nitrogens with zero attached hydrogens (tertiary/aromatic N) is 6. The Morgan fingerprint density at radius 3 is 1.91 bits per heavy atom. The number of methoxy groups -OCH3 is 1. The van der Waals surface area contributed by atoms with Gasteiger partial charge in [0.15, 0.2) is 0 Å². The molecular formula is C33H38N6O5. The predicted octanol–water partition coefficient (Wildman–Crippen LogP) is 4.75. The topological polar surface area (TPSA) is 103 Å². The molecule has 3 aliphatic rings. The van der Waals surface area contributed by atoms with Crippen molar-refractivity contribution in [3.05, 3.63) is 88.5 Å². The van der Waals surface area contributed by atoms with Crippen molar-refractivity contribution in [3.8, 4) is 5.75 Å². The molecule has 0 spiro atoms. The summed E-state index contributed by atoms with van der Waals surface area (Å²) in [6.45, 7) is 6.35. The highest BCUT2D eigenvalue weighted by atomic mass is 16.6. The summed E-state index contributed by atoms with van der Waals surface area (Å²) in [6.07, 6.45) is 2.47. The van der Waals surface area contributed by atoms with Crippen LogP contribution in [0.15, 0.2) is 72.8 Å². The quantitative estimate of drug-likeness (QED) is 0.270. The van der Waals surface area contributed by atoms with Crippen molar-refractivity contribution in [2.24, 2.45) is 0 Å². The zero-order chi connectivity index (χ0) is 30.6. The monoisotopic (exact) mass is 598 g/mol. The second-order valence-corrected chi connectivity index (χ2v) is 11.5. The number of benzene rings is 3. The van der Waals surface area contributed by atoms with Gasteiger partial charge in [-0.05, 0) is 66.9 Å². The Bertz CT molecular complexity index is 1460. The van der Waals surface area contributed by atoms with Crippen molar-refractivity contribution in [3.63, 3.8) is 0 Å².